The van der Waals surface area contributed by atoms with Crippen molar-refractivity contribution in [2.45, 2.75) is 19.4 Å². The maximum absolute atomic E-state index is 13.3. The third-order valence-electron chi connectivity index (χ3n) is 4.01. The highest BCUT2D eigenvalue weighted by atomic mass is 79.9. The molecule has 0 amide bonds. The van der Waals surface area contributed by atoms with Gasteiger partial charge in [0.25, 0.3) is 0 Å². The summed E-state index contributed by atoms with van der Waals surface area (Å²) in [5.74, 6) is 1.24. The van der Waals surface area contributed by atoms with E-state index in [2.05, 4.69) is 26.1 Å². The molecule has 1 aromatic heterocycles. The van der Waals surface area contributed by atoms with Crippen LogP contribution in [0.4, 0.5) is 4.39 Å². The molecule has 0 saturated carbocycles. The number of nitrogens with zero attached hydrogens (tertiary/aromatic N) is 4. The van der Waals surface area contributed by atoms with Gasteiger partial charge in [-0.05, 0) is 66.2 Å². The minimum Gasteiger partial charge on any atom is -0.479 e. The second kappa shape index (κ2) is 7.29. The first kappa shape index (κ1) is 19.3. The fourth-order valence-electron chi connectivity index (χ4n) is 2.73. The van der Waals surface area contributed by atoms with Gasteiger partial charge in [0, 0.05) is 12.6 Å². The standard InChI is InChI=1S/C19H15BrClFN4O/c1-19(2,27-16-7-5-12(22)9-14(16)20)18-25-24-17(26(18)3)13-6-4-11(10-23)8-15(13)21/h4-9H,1-3H3. The van der Waals surface area contributed by atoms with Crippen LogP contribution in [-0.4, -0.2) is 14.8 Å². The summed E-state index contributed by atoms with van der Waals surface area (Å²) in [5, 5.41) is 17.9. The van der Waals surface area contributed by atoms with Gasteiger partial charge in [-0.2, -0.15) is 5.26 Å². The quantitative estimate of drug-likeness (QED) is 0.547. The van der Waals surface area contributed by atoms with Crippen molar-refractivity contribution in [1.29, 1.82) is 5.26 Å². The smallest absolute Gasteiger partial charge is 0.176 e. The van der Waals surface area contributed by atoms with Crippen LogP contribution in [-0.2, 0) is 12.6 Å². The lowest BCUT2D eigenvalue weighted by atomic mass is 10.1. The summed E-state index contributed by atoms with van der Waals surface area (Å²) in [6.07, 6.45) is 0. The van der Waals surface area contributed by atoms with E-state index in [0.29, 0.717) is 38.0 Å². The van der Waals surface area contributed by atoms with E-state index in [0.717, 1.165) is 0 Å². The van der Waals surface area contributed by atoms with Gasteiger partial charge in [0.2, 0.25) is 0 Å². The van der Waals surface area contributed by atoms with Crippen molar-refractivity contribution in [2.24, 2.45) is 7.05 Å². The highest BCUT2D eigenvalue weighted by Gasteiger charge is 2.31. The van der Waals surface area contributed by atoms with Crippen LogP contribution in [0.15, 0.2) is 40.9 Å². The number of rotatable bonds is 4. The summed E-state index contributed by atoms with van der Waals surface area (Å²) in [4.78, 5) is 0. The first-order valence-corrected chi connectivity index (χ1v) is 9.14. The van der Waals surface area contributed by atoms with Crippen LogP contribution in [0, 0.1) is 17.1 Å². The Balaban J connectivity index is 1.97. The third kappa shape index (κ3) is 3.82. The number of halogens is 3. The van der Waals surface area contributed by atoms with Crippen LogP contribution in [0.3, 0.4) is 0 Å². The zero-order valence-corrected chi connectivity index (χ0v) is 17.1. The fourth-order valence-corrected chi connectivity index (χ4v) is 3.43. The SMILES string of the molecule is Cn1c(-c2ccc(C#N)cc2Cl)nnc1C(C)(C)Oc1ccc(F)cc1Br. The molecule has 0 fully saturated rings. The van der Waals surface area contributed by atoms with Gasteiger partial charge in [0.15, 0.2) is 17.2 Å². The lowest BCUT2D eigenvalue weighted by Crippen LogP contribution is -2.29. The summed E-state index contributed by atoms with van der Waals surface area (Å²) >= 11 is 9.60. The van der Waals surface area contributed by atoms with E-state index < -0.39 is 5.60 Å². The van der Waals surface area contributed by atoms with Gasteiger partial charge in [0.1, 0.15) is 11.6 Å². The van der Waals surface area contributed by atoms with Gasteiger partial charge in [-0.1, -0.05) is 11.6 Å². The summed E-state index contributed by atoms with van der Waals surface area (Å²) in [5.41, 5.74) is 0.283. The molecule has 0 saturated heterocycles. The minimum absolute atomic E-state index is 0.358. The molecule has 0 bridgehead atoms. The molecule has 27 heavy (non-hydrogen) atoms. The molecule has 0 spiro atoms. The predicted octanol–water partition coefficient (Wildman–Crippen LogP) is 5.22. The number of benzene rings is 2. The Kier molecular flexibility index (Phi) is 5.22. The molecule has 0 aliphatic carbocycles. The highest BCUT2D eigenvalue weighted by molar-refractivity contribution is 9.10. The van der Waals surface area contributed by atoms with Crippen LogP contribution in [0.2, 0.25) is 5.02 Å². The molecule has 3 aromatic rings. The van der Waals surface area contributed by atoms with E-state index in [4.69, 9.17) is 21.6 Å². The molecular weight excluding hydrogens is 435 g/mol. The number of hydrogen-bond donors (Lipinski definition) is 0. The lowest BCUT2D eigenvalue weighted by Gasteiger charge is -2.26. The van der Waals surface area contributed by atoms with Gasteiger partial charge in [-0.3, -0.25) is 0 Å². The van der Waals surface area contributed by atoms with Crippen LogP contribution in [0.1, 0.15) is 25.2 Å². The van der Waals surface area contributed by atoms with E-state index >= 15 is 0 Å². The van der Waals surface area contributed by atoms with Gasteiger partial charge in [-0.25, -0.2) is 4.39 Å². The molecule has 2 aromatic carbocycles. The van der Waals surface area contributed by atoms with E-state index in [1.165, 1.54) is 12.1 Å². The second-order valence-corrected chi connectivity index (χ2v) is 7.66. The fraction of sp³-hybridized carbons (Fsp3) is 0.211. The summed E-state index contributed by atoms with van der Waals surface area (Å²) in [6, 6.07) is 11.3. The first-order valence-electron chi connectivity index (χ1n) is 7.97. The molecule has 0 radical (unpaired) electrons. The molecule has 0 unspecified atom stereocenters. The summed E-state index contributed by atoms with van der Waals surface area (Å²) < 4.78 is 21.7. The van der Waals surface area contributed by atoms with E-state index in [-0.39, 0.29) is 5.82 Å². The average Bonchev–Trinajstić information content (AvgIpc) is 2.99. The van der Waals surface area contributed by atoms with Gasteiger partial charge >= 0.3 is 0 Å². The van der Waals surface area contributed by atoms with Crippen LogP contribution in [0.5, 0.6) is 5.75 Å². The normalized spacial score (nSPS) is 11.3. The number of ether oxygens (including phenoxy) is 1. The molecular formula is C19H15BrClFN4O. The van der Waals surface area contributed by atoms with E-state index in [1.54, 1.807) is 28.8 Å². The molecule has 0 aliphatic rings. The number of hydrogen-bond acceptors (Lipinski definition) is 4. The van der Waals surface area contributed by atoms with E-state index in [1.807, 2.05) is 27.0 Å². The largest absolute Gasteiger partial charge is 0.479 e. The zero-order valence-electron chi connectivity index (χ0n) is 14.8. The van der Waals surface area contributed by atoms with Crippen LogP contribution >= 0.6 is 27.5 Å². The molecule has 8 heteroatoms. The van der Waals surface area contributed by atoms with Gasteiger partial charge in [0.05, 0.1) is 21.1 Å². The topological polar surface area (TPSA) is 63.7 Å². The van der Waals surface area contributed by atoms with Gasteiger partial charge < -0.3 is 9.30 Å². The van der Waals surface area contributed by atoms with E-state index in [9.17, 15) is 4.39 Å². The van der Waals surface area contributed by atoms with Crippen molar-refractivity contribution in [2.75, 3.05) is 0 Å². The Morgan fingerprint density at radius 3 is 2.59 bits per heavy atom. The van der Waals surface area contributed by atoms with Gasteiger partial charge in [-0.15, -0.1) is 10.2 Å². The lowest BCUT2D eigenvalue weighted by molar-refractivity contribution is 0.0938. The number of nitriles is 1. The predicted molar refractivity (Wildman–Crippen MR) is 104 cm³/mol. The Labute approximate surface area is 169 Å². The second-order valence-electron chi connectivity index (χ2n) is 6.40. The zero-order chi connectivity index (χ0) is 19.8. The van der Waals surface area contributed by atoms with Crippen molar-refractivity contribution >= 4 is 27.5 Å². The monoisotopic (exact) mass is 448 g/mol. The molecule has 0 N–H and O–H groups in total. The molecule has 5 nitrogen and oxygen atoms in total. The highest BCUT2D eigenvalue weighted by Crippen LogP contribution is 2.34. The maximum Gasteiger partial charge on any atom is 0.176 e. The summed E-state index contributed by atoms with van der Waals surface area (Å²) in [6.45, 7) is 3.69. The van der Waals surface area contributed by atoms with Crippen molar-refractivity contribution in [3.8, 4) is 23.2 Å². The van der Waals surface area contributed by atoms with Crippen LogP contribution < -0.4 is 4.74 Å². The van der Waals surface area contributed by atoms with Crippen LogP contribution in [0.25, 0.3) is 11.4 Å². The number of aromatic nitrogens is 3. The minimum atomic E-state index is -0.848. The van der Waals surface area contributed by atoms with Crippen molar-refractivity contribution in [3.05, 3.63) is 63.1 Å². The van der Waals surface area contributed by atoms with Crippen molar-refractivity contribution in [1.82, 2.24) is 14.8 Å². The Bertz CT molecular complexity index is 1060. The Morgan fingerprint density at radius 2 is 1.96 bits per heavy atom. The molecule has 0 atom stereocenters. The molecule has 0 aliphatic heterocycles. The first-order chi connectivity index (χ1) is 12.7. The van der Waals surface area contributed by atoms with Crippen molar-refractivity contribution < 1.29 is 9.13 Å². The Morgan fingerprint density at radius 1 is 1.22 bits per heavy atom. The average molecular weight is 450 g/mol. The molecule has 1 heterocycles. The third-order valence-corrected chi connectivity index (χ3v) is 4.94. The van der Waals surface area contributed by atoms with Crippen molar-refractivity contribution in [3.63, 3.8) is 0 Å². The summed E-state index contributed by atoms with van der Waals surface area (Å²) in [7, 11) is 1.81. The molecule has 3 rings (SSSR count). The maximum atomic E-state index is 13.3. The Hall–Kier alpha value is -2.43. The molecule has 138 valence electrons.